The first kappa shape index (κ1) is 18.7. The van der Waals surface area contributed by atoms with Crippen LogP contribution in [0.4, 0.5) is 14.9 Å². The number of aromatic nitrogens is 1. The van der Waals surface area contributed by atoms with Gasteiger partial charge in [0, 0.05) is 25.2 Å². The minimum atomic E-state index is -1.56. The lowest BCUT2D eigenvalue weighted by Crippen LogP contribution is -2.40. The van der Waals surface area contributed by atoms with Gasteiger partial charge in [-0.15, -0.1) is 0 Å². The van der Waals surface area contributed by atoms with Crippen LogP contribution in [0, 0.1) is 11.7 Å². The first-order valence-electron chi connectivity index (χ1n) is 9.61. The van der Waals surface area contributed by atoms with E-state index in [2.05, 4.69) is 21.9 Å². The molecule has 2 aliphatic rings. The van der Waals surface area contributed by atoms with Crippen molar-refractivity contribution in [3.05, 3.63) is 34.4 Å². The SMILES string of the molecule is CNCC1C(C)CCN1c1cc2c(cc1F)c(=O)c(OC(=O)O)cn2C1CC1. The highest BCUT2D eigenvalue weighted by atomic mass is 19.1. The molecule has 28 heavy (non-hydrogen) atoms. The van der Waals surface area contributed by atoms with Crippen LogP contribution in [0.15, 0.2) is 23.1 Å². The summed E-state index contributed by atoms with van der Waals surface area (Å²) in [7, 11) is 1.88. The molecular formula is C20H24FN3O4. The van der Waals surface area contributed by atoms with Crippen LogP contribution in [0.3, 0.4) is 0 Å². The number of carbonyl (C=O) groups is 1. The molecule has 2 aromatic rings. The molecule has 1 aliphatic carbocycles. The van der Waals surface area contributed by atoms with Gasteiger partial charge in [0.1, 0.15) is 5.82 Å². The van der Waals surface area contributed by atoms with Crippen molar-refractivity contribution in [1.82, 2.24) is 9.88 Å². The second-order valence-electron chi connectivity index (χ2n) is 7.73. The molecule has 150 valence electrons. The van der Waals surface area contributed by atoms with Crippen molar-refractivity contribution in [1.29, 1.82) is 0 Å². The van der Waals surface area contributed by atoms with Gasteiger partial charge in [0.2, 0.25) is 5.43 Å². The van der Waals surface area contributed by atoms with Gasteiger partial charge in [-0.3, -0.25) is 4.79 Å². The molecule has 2 heterocycles. The molecule has 1 aromatic carbocycles. The van der Waals surface area contributed by atoms with Gasteiger partial charge in [-0.05, 0) is 44.4 Å². The van der Waals surface area contributed by atoms with Gasteiger partial charge in [-0.25, -0.2) is 9.18 Å². The number of carboxylic acid groups (broad SMARTS) is 1. The van der Waals surface area contributed by atoms with Gasteiger partial charge in [0.05, 0.1) is 22.8 Å². The first-order valence-corrected chi connectivity index (χ1v) is 9.61. The third-order valence-corrected chi connectivity index (χ3v) is 5.81. The highest BCUT2D eigenvalue weighted by molar-refractivity contribution is 5.85. The zero-order valence-corrected chi connectivity index (χ0v) is 15.9. The van der Waals surface area contributed by atoms with Crippen molar-refractivity contribution in [3.63, 3.8) is 0 Å². The fraction of sp³-hybridized carbons (Fsp3) is 0.500. The van der Waals surface area contributed by atoms with E-state index < -0.39 is 17.4 Å². The molecule has 4 rings (SSSR count). The number of ether oxygens (including phenoxy) is 1. The third-order valence-electron chi connectivity index (χ3n) is 5.81. The maximum Gasteiger partial charge on any atom is 0.511 e. The molecule has 8 heteroatoms. The van der Waals surface area contributed by atoms with E-state index in [4.69, 9.17) is 5.11 Å². The van der Waals surface area contributed by atoms with Gasteiger partial charge in [-0.2, -0.15) is 0 Å². The number of benzene rings is 1. The van der Waals surface area contributed by atoms with Crippen LogP contribution in [0.25, 0.3) is 10.9 Å². The maximum absolute atomic E-state index is 15.1. The molecule has 1 saturated carbocycles. The van der Waals surface area contributed by atoms with Crippen molar-refractivity contribution in [2.45, 2.75) is 38.3 Å². The van der Waals surface area contributed by atoms with Crippen molar-refractivity contribution in [2.75, 3.05) is 25.0 Å². The summed E-state index contributed by atoms with van der Waals surface area (Å²) in [5, 5.41) is 12.2. The van der Waals surface area contributed by atoms with Gasteiger partial charge < -0.3 is 24.6 Å². The molecule has 0 amide bonds. The van der Waals surface area contributed by atoms with E-state index in [0.29, 0.717) is 17.1 Å². The standard InChI is InChI=1S/C20H24FN3O4/c1-11-5-6-23(17(11)9-22-2)16-8-15-13(7-14(16)21)19(25)18(28-20(26)27)10-24(15)12-3-4-12/h7-8,10-12,17,22H,3-6,9H2,1-2H3,(H,26,27). The van der Waals surface area contributed by atoms with E-state index in [1.807, 2.05) is 11.6 Å². The number of likely N-dealkylation sites (N-methyl/N-ethyl adjacent to an activating group) is 1. The second-order valence-corrected chi connectivity index (χ2v) is 7.73. The van der Waals surface area contributed by atoms with E-state index in [0.717, 1.165) is 32.4 Å². The Morgan fingerprint density at radius 1 is 1.36 bits per heavy atom. The van der Waals surface area contributed by atoms with Crippen molar-refractivity contribution >= 4 is 22.7 Å². The molecule has 2 fully saturated rings. The molecule has 1 aliphatic heterocycles. The highest BCUT2D eigenvalue weighted by Crippen LogP contribution is 2.40. The summed E-state index contributed by atoms with van der Waals surface area (Å²) in [6.45, 7) is 3.67. The maximum atomic E-state index is 15.1. The number of pyridine rings is 1. The predicted molar refractivity (Wildman–Crippen MR) is 104 cm³/mol. The first-order chi connectivity index (χ1) is 13.4. The highest BCUT2D eigenvalue weighted by Gasteiger charge is 2.33. The van der Waals surface area contributed by atoms with Crippen molar-refractivity contribution < 1.29 is 19.0 Å². The number of nitrogens with zero attached hydrogens (tertiary/aromatic N) is 2. The number of anilines is 1. The number of rotatable bonds is 5. The van der Waals surface area contributed by atoms with E-state index >= 15 is 4.39 Å². The third kappa shape index (κ3) is 3.22. The molecule has 0 bridgehead atoms. The smallest absolute Gasteiger partial charge is 0.449 e. The Balaban J connectivity index is 1.87. The van der Waals surface area contributed by atoms with Crippen LogP contribution in [0.1, 0.15) is 32.2 Å². The van der Waals surface area contributed by atoms with E-state index in [1.54, 1.807) is 6.07 Å². The average Bonchev–Trinajstić information content (AvgIpc) is 3.42. The van der Waals surface area contributed by atoms with Gasteiger partial charge >= 0.3 is 6.16 Å². The summed E-state index contributed by atoms with van der Waals surface area (Å²) in [6, 6.07) is 3.30. The molecule has 2 atom stereocenters. The Kier molecular flexibility index (Phi) is 4.74. The lowest BCUT2D eigenvalue weighted by atomic mass is 10.0. The van der Waals surface area contributed by atoms with Crippen LogP contribution < -0.4 is 20.4 Å². The fourth-order valence-electron chi connectivity index (χ4n) is 4.20. The fourth-order valence-corrected chi connectivity index (χ4v) is 4.20. The summed E-state index contributed by atoms with van der Waals surface area (Å²) in [5.41, 5.74) is 0.489. The second kappa shape index (κ2) is 7.09. The normalized spacial score (nSPS) is 22.0. The van der Waals surface area contributed by atoms with Crippen molar-refractivity contribution in [3.8, 4) is 5.75 Å². The van der Waals surface area contributed by atoms with E-state index in [9.17, 15) is 9.59 Å². The van der Waals surface area contributed by atoms with E-state index in [-0.39, 0.29) is 23.2 Å². The van der Waals surface area contributed by atoms with Gasteiger partial charge in [0.15, 0.2) is 5.75 Å². The summed E-state index contributed by atoms with van der Waals surface area (Å²) in [6.07, 6.45) is 2.72. The summed E-state index contributed by atoms with van der Waals surface area (Å²) in [4.78, 5) is 25.7. The van der Waals surface area contributed by atoms with Crippen LogP contribution in [-0.4, -0.2) is 42.0 Å². The van der Waals surface area contributed by atoms with Gasteiger partial charge in [-0.1, -0.05) is 6.92 Å². The quantitative estimate of drug-likeness (QED) is 0.765. The zero-order chi connectivity index (χ0) is 20.0. The molecular weight excluding hydrogens is 365 g/mol. The molecule has 1 saturated heterocycles. The lowest BCUT2D eigenvalue weighted by molar-refractivity contribution is 0.143. The Labute approximate surface area is 161 Å². The minimum absolute atomic E-state index is 0.143. The van der Waals surface area contributed by atoms with Crippen LogP contribution >= 0.6 is 0 Å². The summed E-state index contributed by atoms with van der Waals surface area (Å²) >= 11 is 0. The molecule has 2 unspecified atom stereocenters. The largest absolute Gasteiger partial charge is 0.511 e. The topological polar surface area (TPSA) is 83.8 Å². The zero-order valence-electron chi connectivity index (χ0n) is 15.9. The minimum Gasteiger partial charge on any atom is -0.449 e. The van der Waals surface area contributed by atoms with Crippen LogP contribution in [-0.2, 0) is 0 Å². The van der Waals surface area contributed by atoms with Crippen LogP contribution in [0.5, 0.6) is 5.75 Å². The number of fused-ring (bicyclic) bond motifs is 1. The predicted octanol–water partition coefficient (Wildman–Crippen LogP) is 2.97. The van der Waals surface area contributed by atoms with Crippen molar-refractivity contribution in [2.24, 2.45) is 5.92 Å². The molecule has 0 spiro atoms. The number of nitrogens with one attached hydrogen (secondary N) is 1. The molecule has 2 N–H and O–H groups in total. The lowest BCUT2D eigenvalue weighted by Gasteiger charge is -2.29. The van der Waals surface area contributed by atoms with Gasteiger partial charge in [0.25, 0.3) is 0 Å². The van der Waals surface area contributed by atoms with E-state index in [1.165, 1.54) is 12.3 Å². The molecule has 7 nitrogen and oxygen atoms in total. The average molecular weight is 389 g/mol. The molecule has 1 aromatic heterocycles. The Morgan fingerprint density at radius 2 is 2.11 bits per heavy atom. The van der Waals surface area contributed by atoms with Crippen LogP contribution in [0.2, 0.25) is 0 Å². The Morgan fingerprint density at radius 3 is 2.75 bits per heavy atom. The Hall–Kier alpha value is -2.61. The number of halogens is 1. The summed E-state index contributed by atoms with van der Waals surface area (Å²) < 4.78 is 21.6. The number of hydrogen-bond donors (Lipinski definition) is 2. The Bertz CT molecular complexity index is 986. The summed E-state index contributed by atoms with van der Waals surface area (Å²) in [5.74, 6) is -0.337. The molecule has 0 radical (unpaired) electrons. The number of hydrogen-bond acceptors (Lipinski definition) is 5. The monoisotopic (exact) mass is 389 g/mol.